The monoisotopic (exact) mass is 275 g/mol. The van der Waals surface area contributed by atoms with Crippen LogP contribution in [-0.2, 0) is 6.42 Å². The molecule has 0 heterocycles. The molecule has 1 N–H and O–H groups in total. The Hall–Kier alpha value is -1.02. The minimum Gasteiger partial charge on any atom is -0.497 e. The summed E-state index contributed by atoms with van der Waals surface area (Å²) in [6.45, 7) is 5.73. The van der Waals surface area contributed by atoms with Crippen LogP contribution in [0.4, 0.5) is 0 Å². The summed E-state index contributed by atoms with van der Waals surface area (Å²) < 4.78 is 5.35. The van der Waals surface area contributed by atoms with Crippen molar-refractivity contribution in [1.29, 1.82) is 0 Å². The van der Waals surface area contributed by atoms with E-state index in [0.717, 1.165) is 18.7 Å². The minimum atomic E-state index is 0.442. The van der Waals surface area contributed by atoms with E-state index in [-0.39, 0.29) is 0 Å². The van der Waals surface area contributed by atoms with Crippen LogP contribution in [0.3, 0.4) is 0 Å². The number of likely N-dealkylation sites (N-methyl/N-ethyl adjacent to an activating group) is 1. The highest BCUT2D eigenvalue weighted by Crippen LogP contribution is 2.40. The fourth-order valence-corrected chi connectivity index (χ4v) is 3.55. The summed E-state index contributed by atoms with van der Waals surface area (Å²) in [5, 5.41) is 3.74. The molecule has 1 aliphatic carbocycles. The fraction of sp³-hybridized carbons (Fsp3) is 0.667. The second-order valence-electron chi connectivity index (χ2n) is 6.38. The number of rotatable bonds is 6. The molecule has 1 aromatic rings. The molecule has 1 unspecified atom stereocenters. The molecule has 0 saturated heterocycles. The molecule has 0 spiro atoms. The lowest BCUT2D eigenvalue weighted by Crippen LogP contribution is -2.46. The van der Waals surface area contributed by atoms with E-state index >= 15 is 0 Å². The number of nitrogens with one attached hydrogen (secondary N) is 1. The molecule has 1 atom stereocenters. The Morgan fingerprint density at radius 3 is 2.65 bits per heavy atom. The zero-order valence-corrected chi connectivity index (χ0v) is 13.2. The average Bonchev–Trinajstić information content (AvgIpc) is 2.48. The first-order valence-corrected chi connectivity index (χ1v) is 8.04. The first-order valence-electron chi connectivity index (χ1n) is 8.04. The first-order chi connectivity index (χ1) is 9.68. The van der Waals surface area contributed by atoms with E-state index in [2.05, 4.69) is 37.4 Å². The molecule has 20 heavy (non-hydrogen) atoms. The quantitative estimate of drug-likeness (QED) is 0.840. The van der Waals surface area contributed by atoms with Crippen LogP contribution in [-0.4, -0.2) is 19.7 Å². The Kier molecular flexibility index (Phi) is 5.47. The summed E-state index contributed by atoms with van der Waals surface area (Å²) in [6.07, 6.45) is 7.99. The smallest absolute Gasteiger partial charge is 0.119 e. The molecule has 1 saturated carbocycles. The maximum Gasteiger partial charge on any atom is 0.119 e. The number of hydrogen-bond donors (Lipinski definition) is 1. The molecular formula is C18H29NO. The lowest BCUT2D eigenvalue weighted by atomic mass is 9.69. The highest BCUT2D eigenvalue weighted by molar-refractivity contribution is 5.29. The van der Waals surface area contributed by atoms with Gasteiger partial charge in [0.05, 0.1) is 7.11 Å². The second kappa shape index (κ2) is 7.12. The van der Waals surface area contributed by atoms with Crippen molar-refractivity contribution >= 4 is 0 Å². The standard InChI is InChI=1S/C18H29NO/c1-4-19-17(18(2)11-6-5-7-12-18)14-15-9-8-10-16(13-15)20-3/h8-10,13,17,19H,4-7,11-12,14H2,1-3H3. The molecule has 1 aromatic carbocycles. The zero-order chi connectivity index (χ0) is 14.4. The van der Waals surface area contributed by atoms with Gasteiger partial charge in [0.1, 0.15) is 5.75 Å². The van der Waals surface area contributed by atoms with Crippen molar-refractivity contribution in [1.82, 2.24) is 5.32 Å². The Bertz CT molecular complexity index is 410. The first kappa shape index (κ1) is 15.4. The molecule has 2 heteroatoms. The summed E-state index contributed by atoms with van der Waals surface area (Å²) in [5.41, 5.74) is 1.82. The molecule has 0 bridgehead atoms. The summed E-state index contributed by atoms with van der Waals surface area (Å²) in [4.78, 5) is 0. The third-order valence-electron chi connectivity index (χ3n) is 4.86. The van der Waals surface area contributed by atoms with Crippen LogP contribution in [0, 0.1) is 5.41 Å². The second-order valence-corrected chi connectivity index (χ2v) is 6.38. The van der Waals surface area contributed by atoms with Gasteiger partial charge >= 0.3 is 0 Å². The van der Waals surface area contributed by atoms with E-state index in [1.165, 1.54) is 37.7 Å². The van der Waals surface area contributed by atoms with Gasteiger partial charge in [-0.05, 0) is 48.9 Å². The maximum absolute atomic E-state index is 5.35. The molecule has 0 aliphatic heterocycles. The number of ether oxygens (including phenoxy) is 1. The Labute approximate surface area is 123 Å². The maximum atomic E-state index is 5.35. The van der Waals surface area contributed by atoms with Gasteiger partial charge < -0.3 is 10.1 Å². The molecule has 2 rings (SSSR count). The van der Waals surface area contributed by atoms with Gasteiger partial charge in [0, 0.05) is 6.04 Å². The van der Waals surface area contributed by atoms with Crippen LogP contribution < -0.4 is 10.1 Å². The lowest BCUT2D eigenvalue weighted by molar-refractivity contribution is 0.145. The van der Waals surface area contributed by atoms with E-state index in [9.17, 15) is 0 Å². The van der Waals surface area contributed by atoms with Crippen LogP contribution >= 0.6 is 0 Å². The Morgan fingerprint density at radius 1 is 1.25 bits per heavy atom. The average molecular weight is 275 g/mol. The van der Waals surface area contributed by atoms with Crippen LogP contribution in [0.15, 0.2) is 24.3 Å². The van der Waals surface area contributed by atoms with E-state index in [1.54, 1.807) is 7.11 Å². The van der Waals surface area contributed by atoms with Crippen LogP contribution in [0.1, 0.15) is 51.5 Å². The van der Waals surface area contributed by atoms with Crippen LogP contribution in [0.5, 0.6) is 5.75 Å². The van der Waals surface area contributed by atoms with Crippen molar-refractivity contribution in [2.75, 3.05) is 13.7 Å². The molecule has 1 aliphatic rings. The van der Waals surface area contributed by atoms with Gasteiger partial charge in [0.15, 0.2) is 0 Å². The van der Waals surface area contributed by atoms with Gasteiger partial charge in [-0.1, -0.05) is 45.2 Å². The summed E-state index contributed by atoms with van der Waals surface area (Å²) in [6, 6.07) is 9.09. The largest absolute Gasteiger partial charge is 0.497 e. The number of hydrogen-bond acceptors (Lipinski definition) is 2. The summed E-state index contributed by atoms with van der Waals surface area (Å²) in [7, 11) is 1.74. The Balaban J connectivity index is 2.11. The van der Waals surface area contributed by atoms with Gasteiger partial charge in [-0.2, -0.15) is 0 Å². The lowest BCUT2D eigenvalue weighted by Gasteiger charge is -2.41. The zero-order valence-electron chi connectivity index (χ0n) is 13.2. The highest BCUT2D eigenvalue weighted by Gasteiger charge is 2.34. The van der Waals surface area contributed by atoms with Crippen LogP contribution in [0.2, 0.25) is 0 Å². The number of benzene rings is 1. The summed E-state index contributed by atoms with van der Waals surface area (Å²) in [5.74, 6) is 0.964. The third kappa shape index (κ3) is 3.76. The molecule has 0 aromatic heterocycles. The van der Waals surface area contributed by atoms with Crippen molar-refractivity contribution in [3.63, 3.8) is 0 Å². The van der Waals surface area contributed by atoms with Crippen molar-refractivity contribution < 1.29 is 4.74 Å². The molecule has 1 fully saturated rings. The molecule has 0 amide bonds. The molecular weight excluding hydrogens is 246 g/mol. The minimum absolute atomic E-state index is 0.442. The van der Waals surface area contributed by atoms with Gasteiger partial charge in [-0.15, -0.1) is 0 Å². The van der Waals surface area contributed by atoms with Crippen molar-refractivity contribution in [2.45, 2.75) is 58.4 Å². The van der Waals surface area contributed by atoms with E-state index < -0.39 is 0 Å². The van der Waals surface area contributed by atoms with Crippen molar-refractivity contribution in [3.05, 3.63) is 29.8 Å². The predicted octanol–water partition coefficient (Wildman–Crippen LogP) is 4.19. The highest BCUT2D eigenvalue weighted by atomic mass is 16.5. The topological polar surface area (TPSA) is 21.3 Å². The van der Waals surface area contributed by atoms with Gasteiger partial charge in [-0.25, -0.2) is 0 Å². The fourth-order valence-electron chi connectivity index (χ4n) is 3.55. The van der Waals surface area contributed by atoms with E-state index in [1.807, 2.05) is 6.07 Å². The summed E-state index contributed by atoms with van der Waals surface area (Å²) >= 11 is 0. The molecule has 112 valence electrons. The number of methoxy groups -OCH3 is 1. The van der Waals surface area contributed by atoms with Crippen molar-refractivity contribution in [2.24, 2.45) is 5.41 Å². The van der Waals surface area contributed by atoms with E-state index in [4.69, 9.17) is 4.74 Å². The van der Waals surface area contributed by atoms with Gasteiger partial charge in [-0.3, -0.25) is 0 Å². The third-order valence-corrected chi connectivity index (χ3v) is 4.86. The van der Waals surface area contributed by atoms with Crippen molar-refractivity contribution in [3.8, 4) is 5.75 Å². The normalized spacial score (nSPS) is 19.6. The van der Waals surface area contributed by atoms with Crippen LogP contribution in [0.25, 0.3) is 0 Å². The van der Waals surface area contributed by atoms with Gasteiger partial charge in [0.2, 0.25) is 0 Å². The molecule has 2 nitrogen and oxygen atoms in total. The SMILES string of the molecule is CCNC(Cc1cccc(OC)c1)C1(C)CCCCC1. The van der Waals surface area contributed by atoms with E-state index in [0.29, 0.717) is 11.5 Å². The van der Waals surface area contributed by atoms with Gasteiger partial charge in [0.25, 0.3) is 0 Å². The molecule has 0 radical (unpaired) electrons. The predicted molar refractivity (Wildman–Crippen MR) is 85.4 cm³/mol. The Morgan fingerprint density at radius 2 is 2.00 bits per heavy atom.